The lowest BCUT2D eigenvalue weighted by Gasteiger charge is -2.14. The fourth-order valence-electron chi connectivity index (χ4n) is 2.03. The highest BCUT2D eigenvalue weighted by Crippen LogP contribution is 2.26. The summed E-state index contributed by atoms with van der Waals surface area (Å²) in [7, 11) is -5.92. The lowest BCUT2D eigenvalue weighted by atomic mass is 10.3. The maximum atomic E-state index is 12.3. The van der Waals surface area contributed by atoms with E-state index >= 15 is 0 Å². The number of benzene rings is 1. The summed E-state index contributed by atoms with van der Waals surface area (Å²) < 4.78 is 52.2. The van der Waals surface area contributed by atoms with E-state index in [0.29, 0.717) is 5.75 Å². The van der Waals surface area contributed by atoms with Gasteiger partial charge in [0.15, 0.2) is 19.7 Å². The molecule has 0 amide bonds. The van der Waals surface area contributed by atoms with Gasteiger partial charge in [-0.25, -0.2) is 16.8 Å². The van der Waals surface area contributed by atoms with Gasteiger partial charge in [0, 0.05) is 0 Å². The van der Waals surface area contributed by atoms with E-state index < -0.39 is 42.5 Å². The van der Waals surface area contributed by atoms with Crippen LogP contribution in [0.4, 0.5) is 0 Å². The van der Waals surface area contributed by atoms with Gasteiger partial charge in [-0.2, -0.15) is 0 Å². The summed E-state index contributed by atoms with van der Waals surface area (Å²) >= 11 is 0. The first-order valence-electron chi connectivity index (χ1n) is 5.53. The zero-order valence-electron chi connectivity index (χ0n) is 10.2. The fraction of sp³-hybridized carbons (Fsp3) is 0.455. The molecule has 1 aliphatic rings. The van der Waals surface area contributed by atoms with E-state index in [1.165, 1.54) is 31.4 Å². The summed E-state index contributed by atoms with van der Waals surface area (Å²) in [6, 6.07) is 5.63. The van der Waals surface area contributed by atoms with Gasteiger partial charge >= 0.3 is 0 Å². The van der Waals surface area contributed by atoms with E-state index in [9.17, 15) is 21.9 Å². The van der Waals surface area contributed by atoms with Crippen LogP contribution in [0.2, 0.25) is 0 Å². The molecule has 2 rings (SSSR count). The highest BCUT2D eigenvalue weighted by molar-refractivity contribution is 7.96. The minimum absolute atomic E-state index is 0.0190. The lowest BCUT2D eigenvalue weighted by Crippen LogP contribution is -2.32. The van der Waals surface area contributed by atoms with Crippen molar-refractivity contribution in [1.29, 1.82) is 0 Å². The lowest BCUT2D eigenvalue weighted by molar-refractivity contribution is 0.204. The third kappa shape index (κ3) is 2.75. The Labute approximate surface area is 111 Å². The second-order valence-corrected chi connectivity index (χ2v) is 8.72. The number of methoxy groups -OCH3 is 1. The zero-order chi connectivity index (χ0) is 14.3. The molecule has 19 heavy (non-hydrogen) atoms. The quantitative estimate of drug-likeness (QED) is 0.818. The number of aliphatic hydroxyl groups excluding tert-OH is 1. The first-order valence-corrected chi connectivity index (χ1v) is 8.89. The van der Waals surface area contributed by atoms with Crippen molar-refractivity contribution in [2.75, 3.05) is 18.6 Å². The third-order valence-corrected chi connectivity index (χ3v) is 7.19. The molecule has 0 saturated carbocycles. The number of hydrogen-bond acceptors (Lipinski definition) is 6. The van der Waals surface area contributed by atoms with Crippen molar-refractivity contribution in [3.8, 4) is 5.75 Å². The third-order valence-electron chi connectivity index (χ3n) is 3.06. The van der Waals surface area contributed by atoms with Crippen LogP contribution in [0.25, 0.3) is 0 Å². The van der Waals surface area contributed by atoms with Crippen LogP contribution in [0.5, 0.6) is 5.75 Å². The van der Waals surface area contributed by atoms with Crippen LogP contribution in [-0.2, 0) is 19.7 Å². The molecule has 0 bridgehead atoms. The van der Waals surface area contributed by atoms with Crippen LogP contribution in [0.3, 0.4) is 0 Å². The van der Waals surface area contributed by atoms with Gasteiger partial charge in [0.05, 0.1) is 29.6 Å². The Kier molecular flexibility index (Phi) is 3.59. The van der Waals surface area contributed by atoms with E-state index in [4.69, 9.17) is 4.74 Å². The van der Waals surface area contributed by atoms with Gasteiger partial charge in [-0.05, 0) is 24.3 Å². The van der Waals surface area contributed by atoms with E-state index in [-0.39, 0.29) is 4.90 Å². The van der Waals surface area contributed by atoms with Gasteiger partial charge in [-0.15, -0.1) is 0 Å². The molecule has 1 aliphatic heterocycles. The van der Waals surface area contributed by atoms with E-state index in [1.54, 1.807) is 0 Å². The molecule has 0 aliphatic carbocycles. The van der Waals surface area contributed by atoms with E-state index in [0.717, 1.165) is 0 Å². The molecule has 106 valence electrons. The molecule has 1 aromatic rings. The zero-order valence-corrected chi connectivity index (χ0v) is 11.8. The normalized spacial score (nSPS) is 26.2. The summed E-state index contributed by atoms with van der Waals surface area (Å²) in [6.45, 7) is 0. The summed E-state index contributed by atoms with van der Waals surface area (Å²) in [5.74, 6) is -0.547. The van der Waals surface area contributed by atoms with Crippen molar-refractivity contribution in [1.82, 2.24) is 0 Å². The topological polar surface area (TPSA) is 97.7 Å². The molecular formula is C11H14O6S2. The largest absolute Gasteiger partial charge is 0.497 e. The summed E-state index contributed by atoms with van der Waals surface area (Å²) in [6.07, 6.45) is -1.38. The van der Waals surface area contributed by atoms with Gasteiger partial charge in [0.2, 0.25) is 0 Å². The van der Waals surface area contributed by atoms with Crippen LogP contribution < -0.4 is 4.74 Å². The van der Waals surface area contributed by atoms with Gasteiger partial charge in [0.25, 0.3) is 0 Å². The number of aliphatic hydroxyl groups is 1. The minimum Gasteiger partial charge on any atom is -0.497 e. The summed E-state index contributed by atoms with van der Waals surface area (Å²) in [5.41, 5.74) is 0. The molecule has 0 aromatic heterocycles. The predicted octanol–water partition coefficient (Wildman–Crippen LogP) is -0.373. The Bertz CT molecular complexity index is 660. The SMILES string of the molecule is COc1ccc(S(=O)(=O)[C@H]2CS(=O)(=O)C[C@@H]2O)cc1. The smallest absolute Gasteiger partial charge is 0.184 e. The van der Waals surface area contributed by atoms with E-state index in [2.05, 4.69) is 0 Å². The Balaban J connectivity index is 2.37. The van der Waals surface area contributed by atoms with Crippen LogP contribution in [0.15, 0.2) is 29.2 Å². The monoisotopic (exact) mass is 306 g/mol. The minimum atomic E-state index is -3.87. The number of sulfone groups is 2. The van der Waals surface area contributed by atoms with Crippen molar-refractivity contribution >= 4 is 19.7 Å². The molecule has 1 aromatic carbocycles. The highest BCUT2D eigenvalue weighted by atomic mass is 32.2. The Morgan fingerprint density at radius 1 is 1.21 bits per heavy atom. The molecule has 1 N–H and O–H groups in total. The predicted molar refractivity (Wildman–Crippen MR) is 68.6 cm³/mol. The molecule has 0 spiro atoms. The van der Waals surface area contributed by atoms with Gasteiger partial charge in [0.1, 0.15) is 11.0 Å². The van der Waals surface area contributed by atoms with Crippen LogP contribution in [0.1, 0.15) is 0 Å². The molecule has 1 heterocycles. The van der Waals surface area contributed by atoms with Crippen molar-refractivity contribution < 1.29 is 26.7 Å². The Hall–Kier alpha value is -1.12. The molecule has 2 atom stereocenters. The molecule has 8 heteroatoms. The van der Waals surface area contributed by atoms with Crippen LogP contribution in [-0.4, -0.2) is 51.9 Å². The first kappa shape index (κ1) is 14.3. The number of hydrogen-bond donors (Lipinski definition) is 1. The molecule has 0 radical (unpaired) electrons. The first-order chi connectivity index (χ1) is 8.76. The average Bonchev–Trinajstić information content (AvgIpc) is 2.63. The molecular weight excluding hydrogens is 292 g/mol. The standard InChI is InChI=1S/C11H14O6S2/c1-17-8-2-4-9(5-3-8)19(15,16)11-7-18(13,14)6-10(11)12/h2-5,10-12H,6-7H2,1H3/t10-,11-/m0/s1. The van der Waals surface area contributed by atoms with Crippen molar-refractivity contribution in [2.45, 2.75) is 16.2 Å². The average molecular weight is 306 g/mol. The second kappa shape index (κ2) is 4.77. The second-order valence-electron chi connectivity index (χ2n) is 4.40. The Morgan fingerprint density at radius 2 is 1.79 bits per heavy atom. The van der Waals surface area contributed by atoms with Gasteiger partial charge in [-0.1, -0.05) is 0 Å². The number of rotatable bonds is 3. The van der Waals surface area contributed by atoms with E-state index in [1.807, 2.05) is 0 Å². The fourth-order valence-corrected chi connectivity index (χ4v) is 6.48. The maximum Gasteiger partial charge on any atom is 0.184 e. The Morgan fingerprint density at radius 3 is 2.21 bits per heavy atom. The summed E-state index contributed by atoms with van der Waals surface area (Å²) in [4.78, 5) is -0.0190. The number of ether oxygens (including phenoxy) is 1. The molecule has 6 nitrogen and oxygen atoms in total. The molecule has 1 fully saturated rings. The highest BCUT2D eigenvalue weighted by Gasteiger charge is 2.45. The van der Waals surface area contributed by atoms with Crippen molar-refractivity contribution in [2.24, 2.45) is 0 Å². The van der Waals surface area contributed by atoms with Crippen molar-refractivity contribution in [3.63, 3.8) is 0 Å². The van der Waals surface area contributed by atoms with Crippen LogP contribution >= 0.6 is 0 Å². The van der Waals surface area contributed by atoms with Crippen molar-refractivity contribution in [3.05, 3.63) is 24.3 Å². The summed E-state index contributed by atoms with van der Waals surface area (Å²) in [5, 5.41) is 8.34. The van der Waals surface area contributed by atoms with Gasteiger partial charge in [-0.3, -0.25) is 0 Å². The van der Waals surface area contributed by atoms with Crippen LogP contribution in [0, 0.1) is 0 Å². The van der Waals surface area contributed by atoms with Gasteiger partial charge < -0.3 is 9.84 Å². The molecule has 0 unspecified atom stereocenters. The molecule has 1 saturated heterocycles. The maximum absolute atomic E-state index is 12.3.